The number of rotatable bonds is 2. The number of halogens is 6. The van der Waals surface area contributed by atoms with Crippen LogP contribution in [-0.4, -0.2) is 9.91 Å². The summed E-state index contributed by atoms with van der Waals surface area (Å²) >= 11 is 5.10. The third-order valence-corrected chi connectivity index (χ3v) is 2.01. The van der Waals surface area contributed by atoms with Gasteiger partial charge in [-0.05, 0) is 9.91 Å². The zero-order chi connectivity index (χ0) is 13.4. The summed E-state index contributed by atoms with van der Waals surface area (Å²) in [6.07, 6.45) is -8.62. The Bertz CT molecular complexity index is 462. The van der Waals surface area contributed by atoms with Crippen LogP contribution in [-0.2, 0) is 6.18 Å². The van der Waals surface area contributed by atoms with E-state index in [0.717, 1.165) is 0 Å². The van der Waals surface area contributed by atoms with Gasteiger partial charge in [0.1, 0.15) is 5.56 Å². The summed E-state index contributed by atoms with van der Waals surface area (Å²) in [5.41, 5.74) is -3.76. The van der Waals surface area contributed by atoms with E-state index in [1.807, 2.05) is 0 Å². The fourth-order valence-electron chi connectivity index (χ4n) is 1.13. The first kappa shape index (κ1) is 13.6. The van der Waals surface area contributed by atoms with E-state index in [-0.39, 0.29) is 0 Å². The third-order valence-electron chi connectivity index (χ3n) is 1.72. The Morgan fingerprint density at radius 2 is 1.94 bits per heavy atom. The number of hydrogen-bond acceptors (Lipinski definition) is 3. The fourth-order valence-corrected chi connectivity index (χ4v) is 1.39. The molecule has 1 heterocycles. The zero-order valence-electron chi connectivity index (χ0n) is 7.63. The Hall–Kier alpha value is -1.51. The minimum absolute atomic E-state index is 0.314. The van der Waals surface area contributed by atoms with Crippen LogP contribution in [0.3, 0.4) is 0 Å². The van der Waals surface area contributed by atoms with E-state index >= 15 is 0 Å². The van der Waals surface area contributed by atoms with Gasteiger partial charge >= 0.3 is 12.0 Å². The predicted octanol–water partition coefficient (Wildman–Crippen LogP) is 3.60. The maximum atomic E-state index is 12.5. The van der Waals surface area contributed by atoms with Gasteiger partial charge in [0.15, 0.2) is 6.20 Å². The van der Waals surface area contributed by atoms with Gasteiger partial charge < -0.3 is 10.1 Å². The highest BCUT2D eigenvalue weighted by molar-refractivity contribution is 6.31. The van der Waals surface area contributed by atoms with E-state index in [2.05, 4.69) is 4.98 Å². The number of alkyl halides is 5. The van der Waals surface area contributed by atoms with Crippen molar-refractivity contribution in [3.63, 3.8) is 0 Å². The second-order valence-corrected chi connectivity index (χ2v) is 3.18. The number of nitro groups is 1. The van der Waals surface area contributed by atoms with Crippen LogP contribution in [0, 0.1) is 10.1 Å². The van der Waals surface area contributed by atoms with Crippen molar-refractivity contribution in [2.24, 2.45) is 0 Å². The molecule has 1 rings (SSSR count). The van der Waals surface area contributed by atoms with E-state index in [1.54, 1.807) is 0 Å². The monoisotopic (exact) mass is 276 g/mol. The molecule has 0 spiro atoms. The molecule has 0 bridgehead atoms. The van der Waals surface area contributed by atoms with Crippen molar-refractivity contribution >= 4 is 17.4 Å². The van der Waals surface area contributed by atoms with Gasteiger partial charge in [0, 0.05) is 0 Å². The van der Waals surface area contributed by atoms with Crippen LogP contribution in [0.4, 0.5) is 27.8 Å². The SMILES string of the molecule is O=[N+]([O-])c1ncc(Cl)c(C(F)(F)F)c1C(F)F. The van der Waals surface area contributed by atoms with Crippen molar-refractivity contribution in [1.82, 2.24) is 4.98 Å². The zero-order valence-corrected chi connectivity index (χ0v) is 8.39. The molecule has 0 aromatic carbocycles. The van der Waals surface area contributed by atoms with Gasteiger partial charge in [0.2, 0.25) is 0 Å². The van der Waals surface area contributed by atoms with Gasteiger partial charge in [-0.15, -0.1) is 0 Å². The normalized spacial score (nSPS) is 11.9. The second kappa shape index (κ2) is 4.40. The first-order valence-corrected chi connectivity index (χ1v) is 4.22. The molecule has 0 saturated carbocycles. The van der Waals surface area contributed by atoms with Gasteiger partial charge in [-0.1, -0.05) is 11.6 Å². The van der Waals surface area contributed by atoms with Crippen molar-refractivity contribution in [2.45, 2.75) is 12.6 Å². The predicted molar refractivity (Wildman–Crippen MR) is 45.9 cm³/mol. The van der Waals surface area contributed by atoms with Gasteiger partial charge in [0.05, 0.1) is 10.6 Å². The van der Waals surface area contributed by atoms with Crippen LogP contribution in [0.2, 0.25) is 5.02 Å². The van der Waals surface area contributed by atoms with E-state index in [0.29, 0.717) is 6.20 Å². The minimum Gasteiger partial charge on any atom is -0.358 e. The lowest BCUT2D eigenvalue weighted by Gasteiger charge is -2.12. The first-order chi connectivity index (χ1) is 7.66. The summed E-state index contributed by atoms with van der Waals surface area (Å²) in [7, 11) is 0. The largest absolute Gasteiger partial charge is 0.418 e. The molecule has 94 valence electrons. The van der Waals surface area contributed by atoms with E-state index < -0.39 is 39.5 Å². The summed E-state index contributed by atoms with van der Waals surface area (Å²) in [5.74, 6) is -1.56. The lowest BCUT2D eigenvalue weighted by Crippen LogP contribution is -2.13. The van der Waals surface area contributed by atoms with Crippen molar-refractivity contribution in [3.05, 3.63) is 32.5 Å². The highest BCUT2D eigenvalue weighted by Gasteiger charge is 2.43. The van der Waals surface area contributed by atoms with Crippen LogP contribution < -0.4 is 0 Å². The Kier molecular flexibility index (Phi) is 3.51. The molecule has 0 N–H and O–H groups in total. The molecule has 1 aromatic rings. The van der Waals surface area contributed by atoms with Crippen LogP contribution in [0.25, 0.3) is 0 Å². The summed E-state index contributed by atoms with van der Waals surface area (Å²) < 4.78 is 62.2. The Morgan fingerprint density at radius 3 is 2.29 bits per heavy atom. The molecule has 0 amide bonds. The molecule has 0 radical (unpaired) electrons. The Labute approximate surface area is 95.2 Å². The molecule has 17 heavy (non-hydrogen) atoms. The van der Waals surface area contributed by atoms with Crippen LogP contribution in [0.1, 0.15) is 17.6 Å². The summed E-state index contributed by atoms with van der Waals surface area (Å²) in [4.78, 5) is 11.8. The Morgan fingerprint density at radius 1 is 1.41 bits per heavy atom. The highest BCUT2D eigenvalue weighted by Crippen LogP contribution is 2.43. The van der Waals surface area contributed by atoms with Gasteiger partial charge in [-0.3, -0.25) is 0 Å². The molecule has 0 saturated heterocycles. The molecule has 1 aromatic heterocycles. The summed E-state index contributed by atoms with van der Waals surface area (Å²) in [5, 5.41) is 9.20. The molecule has 0 fully saturated rings. The van der Waals surface area contributed by atoms with Crippen molar-refractivity contribution < 1.29 is 26.9 Å². The summed E-state index contributed by atoms with van der Waals surface area (Å²) in [6, 6.07) is 0. The fraction of sp³-hybridized carbons (Fsp3) is 0.286. The van der Waals surface area contributed by atoms with E-state index in [4.69, 9.17) is 11.6 Å². The second-order valence-electron chi connectivity index (χ2n) is 2.77. The topological polar surface area (TPSA) is 56.0 Å². The molecule has 0 aliphatic carbocycles. The Balaban J connectivity index is 3.67. The van der Waals surface area contributed by atoms with Crippen LogP contribution in [0.15, 0.2) is 6.20 Å². The summed E-state index contributed by atoms with van der Waals surface area (Å²) in [6.45, 7) is 0. The van der Waals surface area contributed by atoms with Gasteiger partial charge in [-0.2, -0.15) is 13.2 Å². The van der Waals surface area contributed by atoms with Gasteiger partial charge in [-0.25, -0.2) is 8.78 Å². The average Bonchev–Trinajstić information content (AvgIpc) is 2.14. The maximum absolute atomic E-state index is 12.5. The number of hydrogen-bond donors (Lipinski definition) is 0. The smallest absolute Gasteiger partial charge is 0.358 e. The molecule has 4 nitrogen and oxygen atoms in total. The molecule has 0 atom stereocenters. The highest BCUT2D eigenvalue weighted by atomic mass is 35.5. The molecule has 0 aliphatic heterocycles. The molecular weight excluding hydrogens is 275 g/mol. The number of pyridine rings is 1. The van der Waals surface area contributed by atoms with Crippen LogP contribution >= 0.6 is 11.6 Å². The molecular formula is C7H2ClF5N2O2. The van der Waals surface area contributed by atoms with E-state index in [1.165, 1.54) is 0 Å². The maximum Gasteiger partial charge on any atom is 0.418 e. The third kappa shape index (κ3) is 2.60. The van der Waals surface area contributed by atoms with Gasteiger partial charge in [0.25, 0.3) is 6.43 Å². The number of aromatic nitrogens is 1. The lowest BCUT2D eigenvalue weighted by atomic mass is 10.1. The van der Waals surface area contributed by atoms with E-state index in [9.17, 15) is 32.1 Å². The molecule has 10 heteroatoms. The lowest BCUT2D eigenvalue weighted by molar-refractivity contribution is -0.391. The van der Waals surface area contributed by atoms with Crippen LogP contribution in [0.5, 0.6) is 0 Å². The van der Waals surface area contributed by atoms with Crippen molar-refractivity contribution in [3.8, 4) is 0 Å². The van der Waals surface area contributed by atoms with Crippen molar-refractivity contribution in [2.75, 3.05) is 0 Å². The minimum atomic E-state index is -5.23. The molecule has 0 unspecified atom stereocenters. The first-order valence-electron chi connectivity index (χ1n) is 3.84. The number of nitrogens with zero attached hydrogens (tertiary/aromatic N) is 2. The molecule has 0 aliphatic rings. The van der Waals surface area contributed by atoms with Crippen molar-refractivity contribution in [1.29, 1.82) is 0 Å². The standard InChI is InChI=1S/C7H2ClF5N2O2/c8-2-1-14-6(15(16)17)3(5(9)10)4(2)7(11,12)13/h1,5H. The quantitative estimate of drug-likeness (QED) is 0.471. The average molecular weight is 277 g/mol.